The smallest absolute Gasteiger partial charge is 0.449 e. The number of amides is 1. The van der Waals surface area contributed by atoms with Gasteiger partial charge in [-0.1, -0.05) is 13.8 Å². The van der Waals surface area contributed by atoms with Crippen LogP contribution in [0.4, 0.5) is 30.2 Å². The summed E-state index contributed by atoms with van der Waals surface area (Å²) >= 11 is 0. The van der Waals surface area contributed by atoms with Crippen LogP contribution in [0, 0.1) is 5.41 Å². The first-order valence-corrected chi connectivity index (χ1v) is 10.7. The number of rotatable bonds is 5. The fourth-order valence-electron chi connectivity index (χ4n) is 4.09. The fourth-order valence-corrected chi connectivity index (χ4v) is 4.09. The third kappa shape index (κ3) is 4.13. The van der Waals surface area contributed by atoms with Crippen molar-refractivity contribution in [3.63, 3.8) is 0 Å². The molecule has 12 heteroatoms. The number of pyridine rings is 1. The van der Waals surface area contributed by atoms with Crippen molar-refractivity contribution in [1.29, 1.82) is 0 Å². The maximum Gasteiger partial charge on any atom is 0.449 e. The normalized spacial score (nSPS) is 17.2. The minimum atomic E-state index is -4.67. The minimum absolute atomic E-state index is 0.0405. The molecule has 0 spiro atoms. The van der Waals surface area contributed by atoms with Crippen LogP contribution in [0.3, 0.4) is 0 Å². The van der Waals surface area contributed by atoms with Gasteiger partial charge in [-0.15, -0.1) is 0 Å². The Bertz CT molecular complexity index is 1380. The summed E-state index contributed by atoms with van der Waals surface area (Å²) in [5, 5.41) is 16.1. The van der Waals surface area contributed by atoms with E-state index < -0.39 is 45.9 Å². The van der Waals surface area contributed by atoms with Gasteiger partial charge < -0.3 is 25.1 Å². The van der Waals surface area contributed by atoms with Crippen LogP contribution in [0.2, 0.25) is 0 Å². The van der Waals surface area contributed by atoms with Crippen molar-refractivity contribution in [2.45, 2.75) is 38.9 Å². The molecule has 3 N–H and O–H groups in total. The van der Waals surface area contributed by atoms with Crippen molar-refractivity contribution in [2.75, 3.05) is 24.7 Å². The predicted molar refractivity (Wildman–Crippen MR) is 121 cm³/mol. The second kappa shape index (κ2) is 8.14. The van der Waals surface area contributed by atoms with Crippen LogP contribution >= 0.6 is 0 Å². The summed E-state index contributed by atoms with van der Waals surface area (Å²) in [7, 11) is 2.95. The van der Waals surface area contributed by atoms with E-state index in [2.05, 4.69) is 15.6 Å². The number of anilines is 3. The molecule has 1 amide bonds. The van der Waals surface area contributed by atoms with Crippen LogP contribution in [0.15, 0.2) is 32.3 Å². The Morgan fingerprint density at radius 1 is 1.23 bits per heavy atom. The molecule has 2 heterocycles. The van der Waals surface area contributed by atoms with E-state index in [0.29, 0.717) is 18.4 Å². The average molecular weight is 492 g/mol. The van der Waals surface area contributed by atoms with Gasteiger partial charge >= 0.3 is 6.18 Å². The van der Waals surface area contributed by atoms with Gasteiger partial charge in [-0.05, 0) is 36.0 Å². The molecule has 1 aromatic carbocycles. The van der Waals surface area contributed by atoms with Crippen LogP contribution < -0.4 is 21.5 Å². The highest BCUT2D eigenvalue weighted by Gasteiger charge is 2.44. The molecule has 186 valence electrons. The number of carbonyl (C=O) groups is 1. The Morgan fingerprint density at radius 2 is 1.89 bits per heavy atom. The van der Waals surface area contributed by atoms with Gasteiger partial charge in [0, 0.05) is 20.3 Å². The molecule has 0 saturated heterocycles. The van der Waals surface area contributed by atoms with Gasteiger partial charge in [0.1, 0.15) is 17.1 Å². The van der Waals surface area contributed by atoms with E-state index >= 15 is 0 Å². The molecule has 1 unspecified atom stereocenters. The summed E-state index contributed by atoms with van der Waals surface area (Å²) in [6.07, 6.45) is -2.55. The molecule has 35 heavy (non-hydrogen) atoms. The number of nitrogens with zero attached hydrogens (tertiary/aromatic N) is 2. The number of halogens is 3. The number of hydrogen-bond acceptors (Lipinski definition) is 8. The fraction of sp³-hybridized carbons (Fsp3) is 0.391. The second-order valence-corrected chi connectivity index (χ2v) is 9.35. The summed E-state index contributed by atoms with van der Waals surface area (Å²) in [4.78, 5) is 42.1. The molecule has 0 radical (unpaired) electrons. The SMILES string of the molecule is CN(C)C(=O)c1nccc(Nc2c(NC3c4oc(C(F)(F)F)cc4CCC3(C)C)c(=O)c2=O)c1O. The summed E-state index contributed by atoms with van der Waals surface area (Å²) in [5.74, 6) is -2.18. The molecular formula is C23H23F3N4O5. The molecule has 0 fully saturated rings. The zero-order valence-corrected chi connectivity index (χ0v) is 19.3. The lowest BCUT2D eigenvalue weighted by Crippen LogP contribution is -2.41. The standard InChI is InChI=1S/C23H23F3N4O5/c1-22(2)7-5-10-9-12(23(24,25)26)35-19(10)20(22)29-14-13(17(32)18(14)33)28-11-6-8-27-15(16(11)31)21(34)30(3)4/h6,8-9,20,29,31H,5,7H2,1-4H3,(H,27,28). The van der Waals surface area contributed by atoms with Crippen LogP contribution in [0.5, 0.6) is 5.75 Å². The van der Waals surface area contributed by atoms with Crippen molar-refractivity contribution in [3.05, 3.63) is 61.6 Å². The third-order valence-electron chi connectivity index (χ3n) is 6.20. The van der Waals surface area contributed by atoms with Crippen molar-refractivity contribution >= 4 is 23.0 Å². The van der Waals surface area contributed by atoms with Crippen molar-refractivity contribution in [3.8, 4) is 5.75 Å². The number of carbonyl (C=O) groups excluding carboxylic acids is 1. The number of aromatic nitrogens is 1. The van der Waals surface area contributed by atoms with E-state index in [1.807, 2.05) is 13.8 Å². The second-order valence-electron chi connectivity index (χ2n) is 9.35. The van der Waals surface area contributed by atoms with Gasteiger partial charge in [-0.3, -0.25) is 14.4 Å². The predicted octanol–water partition coefficient (Wildman–Crippen LogP) is 3.57. The molecule has 4 rings (SSSR count). The largest absolute Gasteiger partial charge is 0.504 e. The van der Waals surface area contributed by atoms with Gasteiger partial charge in [0.05, 0.1) is 11.7 Å². The molecule has 0 bridgehead atoms. The Labute approximate surface area is 197 Å². The third-order valence-corrected chi connectivity index (χ3v) is 6.20. The minimum Gasteiger partial charge on any atom is -0.504 e. The van der Waals surface area contributed by atoms with Crippen molar-refractivity contribution < 1.29 is 27.5 Å². The average Bonchev–Trinajstić information content (AvgIpc) is 3.22. The van der Waals surface area contributed by atoms with Crippen LogP contribution in [-0.4, -0.2) is 35.0 Å². The van der Waals surface area contributed by atoms with E-state index in [0.717, 1.165) is 6.07 Å². The molecule has 9 nitrogen and oxygen atoms in total. The zero-order valence-electron chi connectivity index (χ0n) is 19.3. The lowest BCUT2D eigenvalue weighted by molar-refractivity contribution is -0.153. The molecule has 1 aliphatic carbocycles. The van der Waals surface area contributed by atoms with E-state index in [1.165, 1.54) is 31.3 Å². The summed E-state index contributed by atoms with van der Waals surface area (Å²) < 4.78 is 44.9. The Morgan fingerprint density at radius 3 is 2.51 bits per heavy atom. The highest BCUT2D eigenvalue weighted by atomic mass is 19.4. The maximum atomic E-state index is 13.2. The van der Waals surface area contributed by atoms with E-state index in [-0.39, 0.29) is 28.5 Å². The lowest BCUT2D eigenvalue weighted by atomic mass is 9.73. The molecule has 1 atom stereocenters. The Balaban J connectivity index is 1.69. The van der Waals surface area contributed by atoms with E-state index in [4.69, 9.17) is 4.42 Å². The quantitative estimate of drug-likeness (QED) is 0.462. The van der Waals surface area contributed by atoms with Crippen LogP contribution in [-0.2, 0) is 12.6 Å². The van der Waals surface area contributed by atoms with Crippen molar-refractivity contribution in [1.82, 2.24) is 9.88 Å². The van der Waals surface area contributed by atoms with Crippen LogP contribution in [0.1, 0.15) is 53.9 Å². The number of aromatic hydroxyl groups is 1. The highest BCUT2D eigenvalue weighted by Crippen LogP contribution is 2.48. The highest BCUT2D eigenvalue weighted by molar-refractivity contribution is 5.97. The molecule has 1 aliphatic rings. The van der Waals surface area contributed by atoms with Gasteiger partial charge in [0.2, 0.25) is 5.76 Å². The molecule has 0 saturated carbocycles. The van der Waals surface area contributed by atoms with E-state index in [1.54, 1.807) is 0 Å². The first-order chi connectivity index (χ1) is 16.2. The number of furan rings is 1. The summed E-state index contributed by atoms with van der Waals surface area (Å²) in [5.41, 5.74) is -2.63. The number of fused-ring (bicyclic) bond motifs is 1. The first-order valence-electron chi connectivity index (χ1n) is 10.7. The van der Waals surface area contributed by atoms with E-state index in [9.17, 15) is 32.7 Å². The Hall–Kier alpha value is -3.83. The monoisotopic (exact) mass is 492 g/mol. The number of alkyl halides is 3. The molecular weight excluding hydrogens is 469 g/mol. The molecule has 0 aliphatic heterocycles. The maximum absolute atomic E-state index is 13.2. The Kier molecular flexibility index (Phi) is 5.65. The van der Waals surface area contributed by atoms with Gasteiger partial charge in [0.15, 0.2) is 11.4 Å². The number of hydrogen-bond donors (Lipinski definition) is 3. The van der Waals surface area contributed by atoms with Gasteiger partial charge in [-0.25, -0.2) is 4.98 Å². The zero-order chi connectivity index (χ0) is 25.9. The summed E-state index contributed by atoms with van der Waals surface area (Å²) in [6, 6.07) is 1.44. The topological polar surface area (TPSA) is 125 Å². The first kappa shape index (κ1) is 24.3. The van der Waals surface area contributed by atoms with Crippen molar-refractivity contribution in [2.24, 2.45) is 5.41 Å². The van der Waals surface area contributed by atoms with Gasteiger partial charge in [0.25, 0.3) is 16.8 Å². The molecule has 3 aromatic rings. The van der Waals surface area contributed by atoms with Crippen LogP contribution in [0.25, 0.3) is 0 Å². The lowest BCUT2D eigenvalue weighted by Gasteiger charge is -2.38. The number of aryl methyl sites for hydroxylation is 1. The molecule has 2 aromatic heterocycles. The summed E-state index contributed by atoms with van der Waals surface area (Å²) in [6.45, 7) is 3.63. The number of nitrogens with one attached hydrogen (secondary N) is 2. The van der Waals surface area contributed by atoms with Gasteiger partial charge in [-0.2, -0.15) is 13.2 Å².